The topological polar surface area (TPSA) is 51.6 Å². The van der Waals surface area contributed by atoms with Crippen molar-refractivity contribution in [3.8, 4) is 17.4 Å². The van der Waals surface area contributed by atoms with Gasteiger partial charge in [0.05, 0.1) is 28.8 Å². The number of halogens is 6. The number of aromatic nitrogens is 1. The van der Waals surface area contributed by atoms with Crippen LogP contribution in [0.4, 0.5) is 13.2 Å². The lowest BCUT2D eigenvalue weighted by Crippen LogP contribution is -2.07. The molecule has 0 saturated heterocycles. The van der Waals surface area contributed by atoms with Crippen LogP contribution in [0.3, 0.4) is 0 Å². The molecule has 26 heavy (non-hydrogen) atoms. The highest BCUT2D eigenvalue weighted by Crippen LogP contribution is 2.36. The molecule has 1 aromatic carbocycles. The number of phenolic OH excluding ortho intramolecular Hbond substituents is 1. The standard InChI is InChI=1S/C16H13Cl3F3NO3/c17-11-6-10(24)7-12(18)14(11)25-3-1-2-4-26-15-13(19)5-9(8-23-15)16(20,21)22/h5-8,24H,1-4H2. The predicted molar refractivity (Wildman–Crippen MR) is 92.6 cm³/mol. The van der Waals surface area contributed by atoms with Gasteiger partial charge in [-0.05, 0) is 18.9 Å². The lowest BCUT2D eigenvalue weighted by molar-refractivity contribution is -0.137. The van der Waals surface area contributed by atoms with Crippen molar-refractivity contribution in [3.05, 3.63) is 45.0 Å². The summed E-state index contributed by atoms with van der Waals surface area (Å²) in [7, 11) is 0. The Labute approximate surface area is 162 Å². The lowest BCUT2D eigenvalue weighted by Gasteiger charge is -2.11. The van der Waals surface area contributed by atoms with Crippen LogP contribution in [0, 0.1) is 0 Å². The van der Waals surface area contributed by atoms with Crippen LogP contribution in [0.5, 0.6) is 17.4 Å². The zero-order valence-corrected chi connectivity index (χ0v) is 15.4. The van der Waals surface area contributed by atoms with E-state index in [-0.39, 0.29) is 45.7 Å². The number of benzene rings is 1. The minimum Gasteiger partial charge on any atom is -0.508 e. The summed E-state index contributed by atoms with van der Waals surface area (Å²) in [6.45, 7) is 0.472. The van der Waals surface area contributed by atoms with E-state index in [1.165, 1.54) is 12.1 Å². The molecule has 0 aliphatic carbocycles. The van der Waals surface area contributed by atoms with E-state index in [0.29, 0.717) is 19.0 Å². The number of pyridine rings is 1. The smallest absolute Gasteiger partial charge is 0.417 e. The molecule has 142 valence electrons. The molecule has 0 spiro atoms. The number of hydrogen-bond acceptors (Lipinski definition) is 4. The van der Waals surface area contributed by atoms with Crippen LogP contribution in [0.2, 0.25) is 15.1 Å². The minimum absolute atomic E-state index is 0.0646. The molecule has 2 rings (SSSR count). The third-order valence-corrected chi connectivity index (χ3v) is 3.97. The Morgan fingerprint density at radius 1 is 0.923 bits per heavy atom. The molecule has 0 atom stereocenters. The van der Waals surface area contributed by atoms with E-state index in [4.69, 9.17) is 44.3 Å². The molecule has 0 aliphatic heterocycles. The maximum absolute atomic E-state index is 12.5. The third kappa shape index (κ3) is 5.72. The highest BCUT2D eigenvalue weighted by atomic mass is 35.5. The molecule has 10 heteroatoms. The number of rotatable bonds is 7. The first-order chi connectivity index (χ1) is 12.2. The van der Waals surface area contributed by atoms with Gasteiger partial charge in [-0.15, -0.1) is 0 Å². The van der Waals surface area contributed by atoms with Crippen LogP contribution < -0.4 is 9.47 Å². The maximum atomic E-state index is 12.5. The largest absolute Gasteiger partial charge is 0.508 e. The quantitative estimate of drug-likeness (QED) is 0.547. The van der Waals surface area contributed by atoms with Gasteiger partial charge >= 0.3 is 6.18 Å². The van der Waals surface area contributed by atoms with Crippen molar-refractivity contribution in [2.75, 3.05) is 13.2 Å². The third-order valence-electron chi connectivity index (χ3n) is 3.14. The van der Waals surface area contributed by atoms with Crippen molar-refractivity contribution in [2.24, 2.45) is 0 Å². The number of hydrogen-bond donors (Lipinski definition) is 1. The first-order valence-corrected chi connectivity index (χ1v) is 8.48. The second-order valence-electron chi connectivity index (χ2n) is 5.15. The summed E-state index contributed by atoms with van der Waals surface area (Å²) in [6, 6.07) is 3.39. The summed E-state index contributed by atoms with van der Waals surface area (Å²) in [5.74, 6) is 0.131. The van der Waals surface area contributed by atoms with Gasteiger partial charge in [0, 0.05) is 18.3 Å². The van der Waals surface area contributed by atoms with Gasteiger partial charge < -0.3 is 14.6 Å². The molecule has 1 N–H and O–H groups in total. The van der Waals surface area contributed by atoms with Crippen molar-refractivity contribution < 1.29 is 27.8 Å². The van der Waals surface area contributed by atoms with E-state index in [0.717, 1.165) is 6.07 Å². The normalized spacial score (nSPS) is 11.5. The summed E-state index contributed by atoms with van der Waals surface area (Å²) >= 11 is 17.6. The number of nitrogens with zero attached hydrogens (tertiary/aromatic N) is 1. The van der Waals surface area contributed by atoms with E-state index >= 15 is 0 Å². The number of alkyl halides is 3. The highest BCUT2D eigenvalue weighted by molar-refractivity contribution is 6.37. The van der Waals surface area contributed by atoms with Crippen LogP contribution in [-0.2, 0) is 6.18 Å². The SMILES string of the molecule is Oc1cc(Cl)c(OCCCCOc2ncc(C(F)(F)F)cc2Cl)c(Cl)c1. The molecule has 0 bridgehead atoms. The number of phenols is 1. The Morgan fingerprint density at radius 2 is 1.50 bits per heavy atom. The van der Waals surface area contributed by atoms with Gasteiger partial charge in [0.15, 0.2) is 5.75 Å². The van der Waals surface area contributed by atoms with E-state index in [1.54, 1.807) is 0 Å². The molecule has 1 heterocycles. The Hall–Kier alpha value is -1.57. The molecule has 0 unspecified atom stereocenters. The van der Waals surface area contributed by atoms with Crippen LogP contribution in [-0.4, -0.2) is 23.3 Å². The van der Waals surface area contributed by atoms with Gasteiger partial charge in [0.1, 0.15) is 10.8 Å². The van der Waals surface area contributed by atoms with E-state index < -0.39 is 11.7 Å². The molecule has 0 aliphatic rings. The first-order valence-electron chi connectivity index (χ1n) is 7.35. The summed E-state index contributed by atoms with van der Waals surface area (Å²) in [5, 5.41) is 9.50. The zero-order chi connectivity index (χ0) is 19.3. The molecular weight excluding hydrogens is 418 g/mol. The molecule has 0 fully saturated rings. The average Bonchev–Trinajstić information content (AvgIpc) is 2.52. The second kappa shape index (κ2) is 8.88. The van der Waals surface area contributed by atoms with Crippen molar-refractivity contribution in [1.29, 1.82) is 0 Å². The molecule has 0 radical (unpaired) electrons. The summed E-state index contributed by atoms with van der Waals surface area (Å²) in [4.78, 5) is 3.58. The molecule has 1 aromatic heterocycles. The molecule has 2 aromatic rings. The van der Waals surface area contributed by atoms with Gasteiger partial charge in [-0.1, -0.05) is 34.8 Å². The molecular formula is C16H13Cl3F3NO3. The van der Waals surface area contributed by atoms with Gasteiger partial charge in [-0.3, -0.25) is 0 Å². The fourth-order valence-electron chi connectivity index (χ4n) is 1.92. The summed E-state index contributed by atoms with van der Waals surface area (Å²) in [6.07, 6.45) is -2.75. The van der Waals surface area contributed by atoms with Crippen molar-refractivity contribution >= 4 is 34.8 Å². The lowest BCUT2D eigenvalue weighted by atomic mass is 10.3. The maximum Gasteiger partial charge on any atom is 0.417 e. The Balaban J connectivity index is 1.76. The van der Waals surface area contributed by atoms with Gasteiger partial charge in [0.25, 0.3) is 0 Å². The van der Waals surface area contributed by atoms with Gasteiger partial charge in [-0.25, -0.2) is 4.98 Å². The van der Waals surface area contributed by atoms with Crippen molar-refractivity contribution in [3.63, 3.8) is 0 Å². The Bertz CT molecular complexity index is 749. The Morgan fingerprint density at radius 3 is 2.04 bits per heavy atom. The van der Waals surface area contributed by atoms with E-state index in [2.05, 4.69) is 4.98 Å². The number of ether oxygens (including phenoxy) is 2. The average molecular weight is 431 g/mol. The zero-order valence-electron chi connectivity index (χ0n) is 13.1. The Kier molecular flexibility index (Phi) is 7.08. The fraction of sp³-hybridized carbons (Fsp3) is 0.312. The molecule has 0 amide bonds. The van der Waals surface area contributed by atoms with Crippen LogP contribution >= 0.6 is 34.8 Å². The first kappa shape index (κ1) is 20.7. The van der Waals surface area contributed by atoms with Crippen molar-refractivity contribution in [1.82, 2.24) is 4.98 Å². The highest BCUT2D eigenvalue weighted by Gasteiger charge is 2.31. The van der Waals surface area contributed by atoms with Gasteiger partial charge in [-0.2, -0.15) is 13.2 Å². The number of aromatic hydroxyl groups is 1. The van der Waals surface area contributed by atoms with Crippen LogP contribution in [0.15, 0.2) is 24.4 Å². The summed E-state index contributed by atoms with van der Waals surface area (Å²) < 4.78 is 48.3. The predicted octanol–water partition coefficient (Wildman–Crippen LogP) is 6.00. The van der Waals surface area contributed by atoms with Crippen LogP contribution in [0.25, 0.3) is 0 Å². The van der Waals surface area contributed by atoms with E-state index in [1.807, 2.05) is 0 Å². The van der Waals surface area contributed by atoms with E-state index in [9.17, 15) is 18.3 Å². The molecule has 4 nitrogen and oxygen atoms in total. The monoisotopic (exact) mass is 429 g/mol. The van der Waals surface area contributed by atoms with Gasteiger partial charge in [0.2, 0.25) is 5.88 Å². The fourth-order valence-corrected chi connectivity index (χ4v) is 2.72. The number of unbranched alkanes of at least 4 members (excludes halogenated alkanes) is 1. The summed E-state index contributed by atoms with van der Waals surface area (Å²) in [5.41, 5.74) is -0.939. The van der Waals surface area contributed by atoms with Crippen molar-refractivity contribution in [2.45, 2.75) is 19.0 Å². The minimum atomic E-state index is -4.51. The second-order valence-corrected chi connectivity index (χ2v) is 6.37. The van der Waals surface area contributed by atoms with Crippen LogP contribution in [0.1, 0.15) is 18.4 Å². The molecule has 0 saturated carbocycles.